The van der Waals surface area contributed by atoms with Crippen molar-refractivity contribution in [2.24, 2.45) is 0 Å². The lowest BCUT2D eigenvalue weighted by atomic mass is 10.1. The number of nitrogens with zero attached hydrogens (tertiary/aromatic N) is 1. The monoisotopic (exact) mass is 414 g/mol. The third-order valence-electron chi connectivity index (χ3n) is 3.54. The van der Waals surface area contributed by atoms with E-state index < -0.39 is 55.9 Å². The number of nitro groups is 1. The molecular weight excluding hydrogens is 396 g/mol. The maximum absolute atomic E-state index is 12.6. The first-order chi connectivity index (χ1) is 13.1. The Morgan fingerprint density at radius 3 is 2.50 bits per heavy atom. The zero-order valence-corrected chi connectivity index (χ0v) is 15.7. The minimum Gasteiger partial charge on any atom is -0.463 e. The molecule has 0 saturated carbocycles. The summed E-state index contributed by atoms with van der Waals surface area (Å²) in [6.07, 6.45) is -0.437. The van der Waals surface area contributed by atoms with Gasteiger partial charge in [0.2, 0.25) is 10.0 Å². The SMILES string of the molecule is CC(=O)OC[C@H]1OC(NS(=O)(=O)c2ccccc2[N+](=O)[O-])C=C[C@@H]1OC(C)=O. The molecular formula is C16H18N2O9S. The van der Waals surface area contributed by atoms with E-state index in [1.807, 2.05) is 0 Å². The molecule has 28 heavy (non-hydrogen) atoms. The van der Waals surface area contributed by atoms with Gasteiger partial charge in [0.1, 0.15) is 25.0 Å². The summed E-state index contributed by atoms with van der Waals surface area (Å²) in [7, 11) is -4.31. The zero-order chi connectivity index (χ0) is 20.9. The molecule has 1 aliphatic rings. The molecule has 1 aromatic rings. The van der Waals surface area contributed by atoms with Crippen molar-refractivity contribution < 1.29 is 37.1 Å². The van der Waals surface area contributed by atoms with Gasteiger partial charge in [0.15, 0.2) is 4.90 Å². The van der Waals surface area contributed by atoms with Crippen molar-refractivity contribution in [3.63, 3.8) is 0 Å². The standard InChI is InChI=1S/C16H18N2O9S/c1-10(19)25-9-14-13(26-11(2)20)7-8-16(27-14)17-28(23,24)15-6-4-3-5-12(15)18(21)22/h3-8,13-14,16-17H,9H2,1-2H3/t13-,14+,16?/m0/s1. The fraction of sp³-hybridized carbons (Fsp3) is 0.375. The van der Waals surface area contributed by atoms with Crippen molar-refractivity contribution >= 4 is 27.6 Å². The van der Waals surface area contributed by atoms with Gasteiger partial charge < -0.3 is 14.2 Å². The highest BCUT2D eigenvalue weighted by atomic mass is 32.2. The molecule has 0 aromatic heterocycles. The van der Waals surface area contributed by atoms with E-state index in [2.05, 4.69) is 4.72 Å². The van der Waals surface area contributed by atoms with Gasteiger partial charge in [0.05, 0.1) is 4.92 Å². The molecule has 0 spiro atoms. The van der Waals surface area contributed by atoms with Crippen molar-refractivity contribution in [1.82, 2.24) is 4.72 Å². The molecule has 1 heterocycles. The van der Waals surface area contributed by atoms with Gasteiger partial charge in [-0.05, 0) is 18.2 Å². The fourth-order valence-corrected chi connectivity index (χ4v) is 3.65. The summed E-state index contributed by atoms with van der Waals surface area (Å²) in [6, 6.07) is 4.84. The van der Waals surface area contributed by atoms with Gasteiger partial charge in [-0.1, -0.05) is 12.1 Å². The molecule has 2 rings (SSSR count). The van der Waals surface area contributed by atoms with Gasteiger partial charge >= 0.3 is 11.9 Å². The summed E-state index contributed by atoms with van der Waals surface area (Å²) in [5.74, 6) is -1.21. The van der Waals surface area contributed by atoms with E-state index in [0.29, 0.717) is 0 Å². The lowest BCUT2D eigenvalue weighted by Gasteiger charge is -2.31. The molecule has 12 heteroatoms. The highest BCUT2D eigenvalue weighted by Crippen LogP contribution is 2.24. The Morgan fingerprint density at radius 2 is 1.89 bits per heavy atom. The first-order valence-electron chi connectivity index (χ1n) is 8.00. The maximum atomic E-state index is 12.6. The summed E-state index contributed by atoms with van der Waals surface area (Å²) in [5.41, 5.74) is -0.593. The van der Waals surface area contributed by atoms with Crippen molar-refractivity contribution in [2.75, 3.05) is 6.61 Å². The number of ether oxygens (including phenoxy) is 3. The molecule has 0 amide bonds. The van der Waals surface area contributed by atoms with Crippen molar-refractivity contribution in [3.8, 4) is 0 Å². The summed E-state index contributed by atoms with van der Waals surface area (Å²) < 4.78 is 42.7. The van der Waals surface area contributed by atoms with Gasteiger partial charge in [0, 0.05) is 19.9 Å². The Labute approximate surface area is 160 Å². The zero-order valence-electron chi connectivity index (χ0n) is 14.9. The first-order valence-corrected chi connectivity index (χ1v) is 9.48. The van der Waals surface area contributed by atoms with Crippen LogP contribution in [-0.2, 0) is 33.8 Å². The molecule has 1 aliphatic heterocycles. The van der Waals surface area contributed by atoms with Crippen LogP contribution in [0, 0.1) is 10.1 Å². The van der Waals surface area contributed by atoms with Crippen molar-refractivity contribution in [2.45, 2.75) is 37.2 Å². The van der Waals surface area contributed by atoms with Gasteiger partial charge in [-0.3, -0.25) is 19.7 Å². The number of rotatable bonds is 7. The number of hydrogen-bond acceptors (Lipinski definition) is 9. The van der Waals surface area contributed by atoms with Gasteiger partial charge in [0.25, 0.3) is 5.69 Å². The number of carbonyl (C=O) groups excluding carboxylic acids is 2. The molecule has 1 aromatic carbocycles. The van der Waals surface area contributed by atoms with Gasteiger partial charge in [-0.15, -0.1) is 0 Å². The van der Waals surface area contributed by atoms with Crippen LogP contribution in [0.3, 0.4) is 0 Å². The summed E-state index contributed by atoms with van der Waals surface area (Å²) in [4.78, 5) is 32.0. The Hall–Kier alpha value is -2.83. The van der Waals surface area contributed by atoms with Crippen LogP contribution in [0.2, 0.25) is 0 Å². The van der Waals surface area contributed by atoms with Crippen LogP contribution in [0.1, 0.15) is 13.8 Å². The highest BCUT2D eigenvalue weighted by Gasteiger charge is 2.34. The minimum absolute atomic E-state index is 0.290. The van der Waals surface area contributed by atoms with Crippen LogP contribution in [0.25, 0.3) is 0 Å². The van der Waals surface area contributed by atoms with E-state index in [-0.39, 0.29) is 6.61 Å². The van der Waals surface area contributed by atoms with Crippen LogP contribution in [0.5, 0.6) is 0 Å². The third kappa shape index (κ3) is 5.58. The van der Waals surface area contributed by atoms with E-state index in [9.17, 15) is 28.1 Å². The number of benzene rings is 1. The molecule has 1 unspecified atom stereocenters. The number of esters is 2. The number of nitrogens with one attached hydrogen (secondary N) is 1. The van der Waals surface area contributed by atoms with Crippen LogP contribution < -0.4 is 4.72 Å². The summed E-state index contributed by atoms with van der Waals surface area (Å²) >= 11 is 0. The van der Waals surface area contributed by atoms with E-state index >= 15 is 0 Å². The second-order valence-corrected chi connectivity index (χ2v) is 7.39. The Kier molecular flexibility index (Phi) is 6.83. The summed E-state index contributed by atoms with van der Waals surface area (Å²) in [6.45, 7) is 2.07. The van der Waals surface area contributed by atoms with E-state index in [1.165, 1.54) is 38.1 Å². The van der Waals surface area contributed by atoms with E-state index in [4.69, 9.17) is 14.2 Å². The molecule has 0 aliphatic carbocycles. The Bertz CT molecular complexity index is 897. The third-order valence-corrected chi connectivity index (χ3v) is 5.01. The molecule has 0 saturated heterocycles. The second kappa shape index (κ2) is 8.91. The van der Waals surface area contributed by atoms with E-state index in [1.54, 1.807) is 0 Å². The largest absolute Gasteiger partial charge is 0.463 e. The molecule has 0 bridgehead atoms. The predicted octanol–water partition coefficient (Wildman–Crippen LogP) is 0.649. The fourth-order valence-electron chi connectivity index (χ4n) is 2.40. The van der Waals surface area contributed by atoms with Gasteiger partial charge in [-0.25, -0.2) is 8.42 Å². The summed E-state index contributed by atoms with van der Waals surface area (Å²) in [5, 5.41) is 11.1. The molecule has 3 atom stereocenters. The number of carbonyl (C=O) groups is 2. The smallest absolute Gasteiger partial charge is 0.303 e. The Morgan fingerprint density at radius 1 is 1.21 bits per heavy atom. The molecule has 152 valence electrons. The van der Waals surface area contributed by atoms with Crippen LogP contribution >= 0.6 is 0 Å². The maximum Gasteiger partial charge on any atom is 0.303 e. The van der Waals surface area contributed by atoms with Crippen LogP contribution in [-0.4, -0.2) is 50.3 Å². The van der Waals surface area contributed by atoms with Crippen molar-refractivity contribution in [3.05, 3.63) is 46.5 Å². The average molecular weight is 414 g/mol. The topological polar surface area (TPSA) is 151 Å². The number of sulfonamides is 1. The lowest BCUT2D eigenvalue weighted by Crippen LogP contribution is -2.47. The normalized spacial score (nSPS) is 21.7. The lowest BCUT2D eigenvalue weighted by molar-refractivity contribution is -0.387. The molecule has 11 nitrogen and oxygen atoms in total. The Balaban J connectivity index is 2.22. The van der Waals surface area contributed by atoms with Crippen LogP contribution in [0.4, 0.5) is 5.69 Å². The van der Waals surface area contributed by atoms with E-state index in [0.717, 1.165) is 12.1 Å². The predicted molar refractivity (Wildman–Crippen MR) is 93.4 cm³/mol. The number of hydrogen-bond donors (Lipinski definition) is 1. The number of para-hydroxylation sites is 1. The minimum atomic E-state index is -4.31. The molecule has 0 radical (unpaired) electrons. The van der Waals surface area contributed by atoms with Gasteiger partial charge in [-0.2, -0.15) is 4.72 Å². The molecule has 0 fully saturated rings. The number of nitro benzene ring substituents is 1. The van der Waals surface area contributed by atoms with Crippen LogP contribution in [0.15, 0.2) is 41.3 Å². The van der Waals surface area contributed by atoms with Crippen molar-refractivity contribution in [1.29, 1.82) is 0 Å². The second-order valence-electron chi connectivity index (χ2n) is 5.70. The molecule has 1 N–H and O–H groups in total. The quantitative estimate of drug-likeness (QED) is 0.293. The first kappa shape index (κ1) is 21.5. The average Bonchev–Trinajstić information content (AvgIpc) is 2.61. The highest BCUT2D eigenvalue weighted by molar-refractivity contribution is 7.89.